The Morgan fingerprint density at radius 3 is 2.64 bits per heavy atom. The second-order valence-electron chi connectivity index (χ2n) is 7.63. The van der Waals surface area contributed by atoms with Crippen molar-refractivity contribution in [3.8, 4) is 0 Å². The molecule has 3 heteroatoms. The van der Waals surface area contributed by atoms with Gasteiger partial charge in [-0.1, -0.05) is 51.1 Å². The van der Waals surface area contributed by atoms with Crippen LogP contribution in [0.15, 0.2) is 30.3 Å². The number of amides is 1. The number of rotatable bonds is 6. The molecular formula is C19H30N2O. The molecule has 1 aliphatic rings. The molecule has 1 saturated heterocycles. The van der Waals surface area contributed by atoms with E-state index in [1.807, 2.05) is 18.2 Å². The summed E-state index contributed by atoms with van der Waals surface area (Å²) in [5, 5.41) is 6.70. The van der Waals surface area contributed by atoms with Crippen molar-refractivity contribution in [3.05, 3.63) is 35.9 Å². The number of hydrogen-bond donors (Lipinski definition) is 2. The summed E-state index contributed by atoms with van der Waals surface area (Å²) >= 11 is 0. The molecule has 1 aliphatic heterocycles. The number of carbonyl (C=O) groups excluding carboxylic acids is 1. The molecule has 0 saturated carbocycles. The van der Waals surface area contributed by atoms with Gasteiger partial charge in [-0.2, -0.15) is 0 Å². The number of benzene rings is 1. The molecule has 2 atom stereocenters. The Labute approximate surface area is 134 Å². The fraction of sp³-hybridized carbons (Fsp3) is 0.632. The van der Waals surface area contributed by atoms with E-state index in [-0.39, 0.29) is 17.4 Å². The summed E-state index contributed by atoms with van der Waals surface area (Å²) in [7, 11) is 0. The maximum atomic E-state index is 12.3. The van der Waals surface area contributed by atoms with E-state index in [9.17, 15) is 4.79 Å². The van der Waals surface area contributed by atoms with E-state index in [0.29, 0.717) is 12.5 Å². The lowest BCUT2D eigenvalue weighted by Gasteiger charge is -2.27. The molecule has 0 radical (unpaired) electrons. The Bertz CT molecular complexity index is 458. The molecule has 0 aliphatic carbocycles. The van der Waals surface area contributed by atoms with E-state index >= 15 is 0 Å². The van der Waals surface area contributed by atoms with Crippen molar-refractivity contribution in [1.82, 2.24) is 10.6 Å². The number of nitrogens with one attached hydrogen (secondary N) is 2. The minimum absolute atomic E-state index is 0.102. The van der Waals surface area contributed by atoms with Crippen LogP contribution in [0, 0.1) is 5.41 Å². The highest BCUT2D eigenvalue weighted by atomic mass is 16.1. The van der Waals surface area contributed by atoms with Gasteiger partial charge in [0.2, 0.25) is 5.91 Å². The Morgan fingerprint density at radius 1 is 1.32 bits per heavy atom. The van der Waals surface area contributed by atoms with Gasteiger partial charge in [-0.3, -0.25) is 4.79 Å². The zero-order valence-electron chi connectivity index (χ0n) is 14.2. The second kappa shape index (κ2) is 7.77. The monoisotopic (exact) mass is 302 g/mol. The van der Waals surface area contributed by atoms with E-state index in [4.69, 9.17) is 0 Å². The normalized spacial score (nSPS) is 19.9. The third-order valence-electron chi connectivity index (χ3n) is 4.24. The number of hydrogen-bond acceptors (Lipinski definition) is 2. The van der Waals surface area contributed by atoms with Gasteiger partial charge in [0.1, 0.15) is 0 Å². The molecule has 1 aromatic rings. The first kappa shape index (κ1) is 17.0. The lowest BCUT2D eigenvalue weighted by Crippen LogP contribution is -2.32. The first-order valence-electron chi connectivity index (χ1n) is 8.52. The minimum Gasteiger partial charge on any atom is -0.349 e. The standard InChI is InChI=1S/C19H30N2O/c1-19(2,3)14-17(15-8-5-4-6-9-15)21-18(22)12-11-16-10-7-13-20-16/h4-6,8-9,16-17,20H,7,10-14H2,1-3H3,(H,21,22). The van der Waals surface area contributed by atoms with Gasteiger partial charge in [-0.15, -0.1) is 0 Å². The first-order valence-corrected chi connectivity index (χ1v) is 8.52. The van der Waals surface area contributed by atoms with Crippen molar-refractivity contribution >= 4 is 5.91 Å². The van der Waals surface area contributed by atoms with Gasteiger partial charge in [-0.05, 0) is 43.2 Å². The van der Waals surface area contributed by atoms with Crippen LogP contribution in [-0.2, 0) is 4.79 Å². The molecule has 2 unspecified atom stereocenters. The quantitative estimate of drug-likeness (QED) is 0.839. The Morgan fingerprint density at radius 2 is 2.05 bits per heavy atom. The van der Waals surface area contributed by atoms with Crippen LogP contribution in [0.25, 0.3) is 0 Å². The van der Waals surface area contributed by atoms with Crippen LogP contribution in [0.4, 0.5) is 0 Å². The molecule has 122 valence electrons. The van der Waals surface area contributed by atoms with Crippen LogP contribution in [-0.4, -0.2) is 18.5 Å². The van der Waals surface area contributed by atoms with Gasteiger partial charge in [0.15, 0.2) is 0 Å². The van der Waals surface area contributed by atoms with E-state index in [0.717, 1.165) is 19.4 Å². The van der Waals surface area contributed by atoms with Crippen molar-refractivity contribution in [2.24, 2.45) is 5.41 Å². The summed E-state index contributed by atoms with van der Waals surface area (Å²) in [6.07, 6.45) is 4.96. The summed E-state index contributed by atoms with van der Waals surface area (Å²) in [5.74, 6) is 0.173. The van der Waals surface area contributed by atoms with Gasteiger partial charge in [0.05, 0.1) is 6.04 Å². The molecule has 2 N–H and O–H groups in total. The molecule has 1 fully saturated rings. The summed E-state index contributed by atoms with van der Waals surface area (Å²) in [5.41, 5.74) is 1.38. The SMILES string of the molecule is CC(C)(C)CC(NC(=O)CCC1CCCN1)c1ccccc1. The fourth-order valence-corrected chi connectivity index (χ4v) is 3.12. The van der Waals surface area contributed by atoms with Crippen LogP contribution in [0.2, 0.25) is 0 Å². The number of carbonyl (C=O) groups is 1. The van der Waals surface area contributed by atoms with Gasteiger partial charge >= 0.3 is 0 Å². The lowest BCUT2D eigenvalue weighted by molar-refractivity contribution is -0.122. The molecule has 1 heterocycles. The summed E-state index contributed by atoms with van der Waals surface area (Å²) in [4.78, 5) is 12.3. The van der Waals surface area contributed by atoms with Crippen molar-refractivity contribution in [2.75, 3.05) is 6.54 Å². The van der Waals surface area contributed by atoms with Crippen LogP contribution in [0.3, 0.4) is 0 Å². The highest BCUT2D eigenvalue weighted by Gasteiger charge is 2.22. The van der Waals surface area contributed by atoms with E-state index in [1.165, 1.54) is 18.4 Å². The van der Waals surface area contributed by atoms with E-state index in [1.54, 1.807) is 0 Å². The summed E-state index contributed by atoms with van der Waals surface area (Å²) in [6.45, 7) is 7.76. The predicted molar refractivity (Wildman–Crippen MR) is 91.7 cm³/mol. The second-order valence-corrected chi connectivity index (χ2v) is 7.63. The van der Waals surface area contributed by atoms with Crippen LogP contribution in [0.1, 0.15) is 64.5 Å². The minimum atomic E-state index is 0.102. The van der Waals surface area contributed by atoms with Gasteiger partial charge in [0, 0.05) is 12.5 Å². The predicted octanol–water partition coefficient (Wildman–Crippen LogP) is 3.81. The Hall–Kier alpha value is -1.35. The van der Waals surface area contributed by atoms with Crippen LogP contribution in [0.5, 0.6) is 0 Å². The third kappa shape index (κ3) is 5.80. The largest absolute Gasteiger partial charge is 0.349 e. The van der Waals surface area contributed by atoms with Crippen molar-refractivity contribution in [3.63, 3.8) is 0 Å². The van der Waals surface area contributed by atoms with Crippen LogP contribution < -0.4 is 10.6 Å². The van der Waals surface area contributed by atoms with Crippen molar-refractivity contribution < 1.29 is 4.79 Å². The van der Waals surface area contributed by atoms with Gasteiger partial charge < -0.3 is 10.6 Å². The smallest absolute Gasteiger partial charge is 0.220 e. The third-order valence-corrected chi connectivity index (χ3v) is 4.24. The lowest BCUT2D eigenvalue weighted by atomic mass is 9.85. The fourth-order valence-electron chi connectivity index (χ4n) is 3.12. The molecule has 1 aromatic carbocycles. The molecular weight excluding hydrogens is 272 g/mol. The molecule has 2 rings (SSSR count). The summed E-state index contributed by atoms with van der Waals surface area (Å²) in [6, 6.07) is 10.9. The Balaban J connectivity index is 1.92. The highest BCUT2D eigenvalue weighted by molar-refractivity contribution is 5.76. The van der Waals surface area contributed by atoms with E-state index < -0.39 is 0 Å². The van der Waals surface area contributed by atoms with Crippen molar-refractivity contribution in [1.29, 1.82) is 0 Å². The molecule has 1 amide bonds. The molecule has 3 nitrogen and oxygen atoms in total. The zero-order chi connectivity index (χ0) is 16.0. The molecule has 0 aromatic heterocycles. The zero-order valence-corrected chi connectivity index (χ0v) is 14.2. The maximum absolute atomic E-state index is 12.3. The molecule has 0 spiro atoms. The first-order chi connectivity index (χ1) is 10.4. The van der Waals surface area contributed by atoms with Gasteiger partial charge in [-0.25, -0.2) is 0 Å². The Kier molecular flexibility index (Phi) is 6.01. The van der Waals surface area contributed by atoms with Crippen LogP contribution >= 0.6 is 0 Å². The van der Waals surface area contributed by atoms with Gasteiger partial charge in [0.25, 0.3) is 0 Å². The molecule has 0 bridgehead atoms. The topological polar surface area (TPSA) is 41.1 Å². The highest BCUT2D eigenvalue weighted by Crippen LogP contribution is 2.29. The summed E-state index contributed by atoms with van der Waals surface area (Å²) < 4.78 is 0. The van der Waals surface area contributed by atoms with Crippen molar-refractivity contribution in [2.45, 2.75) is 65.0 Å². The molecule has 22 heavy (non-hydrogen) atoms. The maximum Gasteiger partial charge on any atom is 0.220 e. The van der Waals surface area contributed by atoms with E-state index in [2.05, 4.69) is 43.5 Å². The average Bonchev–Trinajstić information content (AvgIpc) is 2.97. The average molecular weight is 302 g/mol.